The molecular weight excluding hydrogens is 512 g/mol. The van der Waals surface area contributed by atoms with Gasteiger partial charge in [0.1, 0.15) is 0 Å². The van der Waals surface area contributed by atoms with E-state index < -0.39 is 8.32 Å². The maximum atomic E-state index is 11.8. The number of rotatable bonds is 8. The van der Waals surface area contributed by atoms with E-state index in [1.165, 1.54) is 64.2 Å². The molecule has 0 aromatic heterocycles. The first-order chi connectivity index (χ1) is 18.8. The monoisotopic (exact) mass is 576 g/mol. The van der Waals surface area contributed by atoms with Crippen LogP contribution >= 0.6 is 0 Å². The lowest BCUT2D eigenvalue weighted by atomic mass is 9.43. The average Bonchev–Trinajstić information content (AvgIpc) is 3.24. The van der Waals surface area contributed by atoms with Crippen molar-refractivity contribution in [3.63, 3.8) is 0 Å². The molecule has 11 atom stereocenters. The lowest BCUT2D eigenvalue weighted by molar-refractivity contribution is -0.221. The Labute approximate surface area is 248 Å². The van der Waals surface area contributed by atoms with Crippen molar-refractivity contribution in [2.75, 3.05) is 13.2 Å². The lowest BCUT2D eigenvalue weighted by Gasteiger charge is -2.62. The fraction of sp³-hybridized carbons (Fsp3) is 1.00. The molecule has 5 fully saturated rings. The van der Waals surface area contributed by atoms with Crippen molar-refractivity contribution in [3.8, 4) is 0 Å². The molecule has 4 nitrogen and oxygen atoms in total. The molecule has 1 heterocycles. The van der Waals surface area contributed by atoms with Gasteiger partial charge in [0.2, 0.25) is 0 Å². The molecule has 5 heteroatoms. The van der Waals surface area contributed by atoms with Gasteiger partial charge in [0, 0.05) is 13.2 Å². The van der Waals surface area contributed by atoms with Crippen molar-refractivity contribution >= 4 is 8.32 Å². The molecule has 1 unspecified atom stereocenters. The Balaban J connectivity index is 1.19. The SMILES string of the molecule is C[C@H](CCCO[Si](C)(C)C(C)(C)C)[C@H]1CC[C@H]2[C@@H]3[C@H](O)C[C@H]4C[C@@H](OC5CCCCO5)CC[C@]4(C)[C@H]3CC[C@]12C. The molecule has 232 valence electrons. The molecule has 1 saturated heterocycles. The minimum Gasteiger partial charge on any atom is -0.417 e. The fourth-order valence-electron chi connectivity index (χ4n) is 10.5. The molecule has 0 amide bonds. The van der Waals surface area contributed by atoms with Gasteiger partial charge >= 0.3 is 0 Å². The molecule has 40 heavy (non-hydrogen) atoms. The predicted molar refractivity (Wildman–Crippen MR) is 167 cm³/mol. The second-order valence-electron chi connectivity index (χ2n) is 17.1. The van der Waals surface area contributed by atoms with Gasteiger partial charge in [-0.1, -0.05) is 41.5 Å². The number of fused-ring (bicyclic) bond motifs is 5. The van der Waals surface area contributed by atoms with E-state index in [2.05, 4.69) is 54.6 Å². The van der Waals surface area contributed by atoms with Gasteiger partial charge in [-0.25, -0.2) is 0 Å². The summed E-state index contributed by atoms with van der Waals surface area (Å²) in [5.74, 6) is 4.00. The van der Waals surface area contributed by atoms with Crippen LogP contribution in [0.2, 0.25) is 18.1 Å². The number of aliphatic hydroxyl groups excluding tert-OH is 1. The van der Waals surface area contributed by atoms with Gasteiger partial charge in [0.25, 0.3) is 0 Å². The summed E-state index contributed by atoms with van der Waals surface area (Å²) in [4.78, 5) is 0. The Morgan fingerprint density at radius 2 is 1.68 bits per heavy atom. The van der Waals surface area contributed by atoms with Crippen molar-refractivity contribution in [1.82, 2.24) is 0 Å². The molecule has 0 bridgehead atoms. The van der Waals surface area contributed by atoms with E-state index in [1.807, 2.05) is 0 Å². The highest BCUT2D eigenvalue weighted by Gasteiger charge is 2.63. The molecule has 1 aliphatic heterocycles. The smallest absolute Gasteiger partial charge is 0.191 e. The van der Waals surface area contributed by atoms with Crippen LogP contribution < -0.4 is 0 Å². The van der Waals surface area contributed by atoms with Crippen LogP contribution in [-0.4, -0.2) is 45.1 Å². The zero-order valence-corrected chi connectivity index (χ0v) is 28.5. The second-order valence-corrected chi connectivity index (χ2v) is 21.9. The van der Waals surface area contributed by atoms with E-state index in [4.69, 9.17) is 13.9 Å². The third-order valence-corrected chi connectivity index (χ3v) is 18.5. The molecule has 0 radical (unpaired) electrons. The summed E-state index contributed by atoms with van der Waals surface area (Å²) in [5, 5.41) is 12.1. The van der Waals surface area contributed by atoms with Gasteiger partial charge in [0.15, 0.2) is 14.6 Å². The highest BCUT2D eigenvalue weighted by Crippen LogP contribution is 2.68. The van der Waals surface area contributed by atoms with Crippen molar-refractivity contribution in [2.45, 2.75) is 162 Å². The van der Waals surface area contributed by atoms with Crippen LogP contribution in [0, 0.1) is 46.3 Å². The third kappa shape index (κ3) is 5.91. The zero-order valence-electron chi connectivity index (χ0n) is 27.5. The van der Waals surface area contributed by atoms with Crippen LogP contribution in [0.3, 0.4) is 0 Å². The largest absolute Gasteiger partial charge is 0.417 e. The van der Waals surface area contributed by atoms with Gasteiger partial charge in [0.05, 0.1) is 12.2 Å². The van der Waals surface area contributed by atoms with Crippen molar-refractivity contribution < 1.29 is 19.0 Å². The fourth-order valence-corrected chi connectivity index (χ4v) is 11.6. The molecule has 5 aliphatic rings. The van der Waals surface area contributed by atoms with Gasteiger partial charge in [-0.2, -0.15) is 0 Å². The second kappa shape index (κ2) is 11.9. The predicted octanol–water partition coefficient (Wildman–Crippen LogP) is 8.97. The number of hydrogen-bond donors (Lipinski definition) is 1. The summed E-state index contributed by atoms with van der Waals surface area (Å²) in [7, 11) is -1.66. The zero-order chi connectivity index (χ0) is 28.9. The minimum atomic E-state index is -1.66. The van der Waals surface area contributed by atoms with Crippen molar-refractivity contribution in [1.29, 1.82) is 0 Å². The van der Waals surface area contributed by atoms with E-state index in [9.17, 15) is 5.11 Å². The van der Waals surface area contributed by atoms with E-state index in [-0.39, 0.29) is 17.4 Å². The summed E-state index contributed by atoms with van der Waals surface area (Å²) >= 11 is 0. The first kappa shape index (κ1) is 31.5. The molecule has 5 rings (SSSR count). The summed E-state index contributed by atoms with van der Waals surface area (Å²) in [6.07, 6.45) is 16.0. The van der Waals surface area contributed by atoms with E-state index >= 15 is 0 Å². The van der Waals surface area contributed by atoms with Crippen molar-refractivity contribution in [3.05, 3.63) is 0 Å². The molecular formula is C35H64O4Si. The van der Waals surface area contributed by atoms with E-state index in [0.717, 1.165) is 44.3 Å². The van der Waals surface area contributed by atoms with Crippen molar-refractivity contribution in [2.24, 2.45) is 46.3 Å². The third-order valence-electron chi connectivity index (χ3n) is 14.0. The van der Waals surface area contributed by atoms with Crippen LogP contribution in [-0.2, 0) is 13.9 Å². The minimum absolute atomic E-state index is 0.00999. The van der Waals surface area contributed by atoms with Gasteiger partial charge in [-0.05, 0) is 148 Å². The Hall–Kier alpha value is 0.0569. The Morgan fingerprint density at radius 3 is 2.38 bits per heavy atom. The first-order valence-electron chi connectivity index (χ1n) is 17.4. The maximum absolute atomic E-state index is 11.8. The quantitative estimate of drug-likeness (QED) is 0.178. The normalized spacial score (nSPS) is 44.9. The van der Waals surface area contributed by atoms with E-state index in [1.54, 1.807) is 0 Å². The van der Waals surface area contributed by atoms with Crippen LogP contribution in [0.1, 0.15) is 125 Å². The first-order valence-corrected chi connectivity index (χ1v) is 20.3. The van der Waals surface area contributed by atoms with Crippen LogP contribution in [0.5, 0.6) is 0 Å². The van der Waals surface area contributed by atoms with Gasteiger partial charge in [-0.3, -0.25) is 0 Å². The maximum Gasteiger partial charge on any atom is 0.191 e. The molecule has 4 aliphatic carbocycles. The summed E-state index contributed by atoms with van der Waals surface area (Å²) < 4.78 is 18.9. The molecule has 1 N–H and O–H groups in total. The van der Waals surface area contributed by atoms with Crippen LogP contribution in [0.25, 0.3) is 0 Å². The Kier molecular flexibility index (Phi) is 9.34. The van der Waals surface area contributed by atoms with Gasteiger partial charge < -0.3 is 19.0 Å². The van der Waals surface area contributed by atoms with Crippen LogP contribution in [0.15, 0.2) is 0 Å². The highest BCUT2D eigenvalue weighted by molar-refractivity contribution is 6.74. The summed E-state index contributed by atoms with van der Waals surface area (Å²) in [6.45, 7) is 21.3. The average molecular weight is 577 g/mol. The molecule has 0 aromatic rings. The number of ether oxygens (including phenoxy) is 2. The standard InChI is InChI=1S/C35H64O4Si/c1-24(12-11-21-38-40(7,8)33(2,3)4)27-14-15-28-32-29(17-19-35(27,28)6)34(5)18-16-26(22-25(34)23-30(32)36)39-31-13-9-10-20-37-31/h24-32,36H,9-23H2,1-8H3/t24-,25-,26+,27-,28+,29+,30-,31?,32+,34+,35-/m1/s1. The molecule has 4 saturated carbocycles. The number of aliphatic hydroxyl groups is 1. The summed E-state index contributed by atoms with van der Waals surface area (Å²) in [6, 6.07) is 0. The molecule has 0 spiro atoms. The Bertz CT molecular complexity index is 849. The van der Waals surface area contributed by atoms with E-state index in [0.29, 0.717) is 40.6 Å². The number of hydrogen-bond acceptors (Lipinski definition) is 4. The van der Waals surface area contributed by atoms with Crippen LogP contribution in [0.4, 0.5) is 0 Å². The highest BCUT2D eigenvalue weighted by atomic mass is 28.4. The summed E-state index contributed by atoms with van der Waals surface area (Å²) in [5.41, 5.74) is 0.757. The molecule has 0 aromatic carbocycles. The van der Waals surface area contributed by atoms with Gasteiger partial charge in [-0.15, -0.1) is 0 Å². The Morgan fingerprint density at radius 1 is 0.950 bits per heavy atom. The topological polar surface area (TPSA) is 47.9 Å². The lowest BCUT2D eigenvalue weighted by Crippen LogP contribution is -2.59.